The average molecular weight is 200 g/mol. The van der Waals surface area contributed by atoms with Crippen LogP contribution >= 0.6 is 0 Å². The maximum Gasteiger partial charge on any atom is 0.188 e. The SMILES string of the molecule is COC(OC)C(C)(C#N)NCC(C)C. The largest absolute Gasteiger partial charge is 0.353 e. The minimum absolute atomic E-state index is 0.483. The van der Waals surface area contributed by atoms with E-state index < -0.39 is 11.8 Å². The van der Waals surface area contributed by atoms with Crippen molar-refractivity contribution in [3.8, 4) is 6.07 Å². The van der Waals surface area contributed by atoms with E-state index in [0.717, 1.165) is 6.54 Å². The van der Waals surface area contributed by atoms with Gasteiger partial charge in [0.15, 0.2) is 11.8 Å². The molecule has 0 amide bonds. The van der Waals surface area contributed by atoms with E-state index in [1.54, 1.807) is 6.92 Å². The average Bonchev–Trinajstić information content (AvgIpc) is 2.16. The van der Waals surface area contributed by atoms with Gasteiger partial charge in [0.25, 0.3) is 0 Å². The summed E-state index contributed by atoms with van der Waals surface area (Å²) in [5.74, 6) is 0.483. The minimum Gasteiger partial charge on any atom is -0.353 e. The first kappa shape index (κ1) is 13.4. The fourth-order valence-electron chi connectivity index (χ4n) is 1.16. The van der Waals surface area contributed by atoms with Crippen molar-refractivity contribution >= 4 is 0 Å². The van der Waals surface area contributed by atoms with Crippen LogP contribution in [0.2, 0.25) is 0 Å². The highest BCUT2D eigenvalue weighted by Gasteiger charge is 2.34. The fourth-order valence-corrected chi connectivity index (χ4v) is 1.16. The Morgan fingerprint density at radius 3 is 2.14 bits per heavy atom. The van der Waals surface area contributed by atoms with Gasteiger partial charge in [0.1, 0.15) is 0 Å². The summed E-state index contributed by atoms with van der Waals surface area (Å²) in [4.78, 5) is 0. The van der Waals surface area contributed by atoms with Gasteiger partial charge in [-0.25, -0.2) is 0 Å². The van der Waals surface area contributed by atoms with Crippen molar-refractivity contribution in [3.05, 3.63) is 0 Å². The van der Waals surface area contributed by atoms with Crippen LogP contribution in [0, 0.1) is 17.2 Å². The smallest absolute Gasteiger partial charge is 0.188 e. The second-order valence-electron chi connectivity index (χ2n) is 3.89. The van der Waals surface area contributed by atoms with E-state index in [1.165, 1.54) is 14.2 Å². The van der Waals surface area contributed by atoms with Gasteiger partial charge in [-0.2, -0.15) is 5.26 Å². The van der Waals surface area contributed by atoms with Crippen LogP contribution in [-0.2, 0) is 9.47 Å². The van der Waals surface area contributed by atoms with Gasteiger partial charge in [0, 0.05) is 14.2 Å². The zero-order valence-corrected chi connectivity index (χ0v) is 9.63. The normalized spacial score (nSPS) is 15.6. The molecule has 0 radical (unpaired) electrons. The molecule has 0 fully saturated rings. The molecule has 4 heteroatoms. The van der Waals surface area contributed by atoms with E-state index in [0.29, 0.717) is 5.92 Å². The summed E-state index contributed by atoms with van der Waals surface area (Å²) in [6.45, 7) is 6.69. The first-order valence-electron chi connectivity index (χ1n) is 4.72. The number of nitriles is 1. The summed E-state index contributed by atoms with van der Waals surface area (Å²) in [6.07, 6.45) is -0.550. The topological polar surface area (TPSA) is 54.3 Å². The summed E-state index contributed by atoms with van der Waals surface area (Å²) < 4.78 is 10.2. The van der Waals surface area contributed by atoms with Crippen molar-refractivity contribution in [1.82, 2.24) is 5.32 Å². The van der Waals surface area contributed by atoms with Crippen LogP contribution < -0.4 is 5.32 Å². The van der Waals surface area contributed by atoms with Gasteiger partial charge in [0.2, 0.25) is 0 Å². The molecular formula is C10H20N2O2. The Balaban J connectivity index is 4.38. The third-order valence-corrected chi connectivity index (χ3v) is 2.01. The lowest BCUT2D eigenvalue weighted by atomic mass is 10.0. The lowest BCUT2D eigenvalue weighted by molar-refractivity contribution is -0.137. The maximum atomic E-state index is 9.06. The quantitative estimate of drug-likeness (QED) is 0.653. The molecule has 1 unspecified atom stereocenters. The van der Waals surface area contributed by atoms with E-state index >= 15 is 0 Å². The first-order valence-corrected chi connectivity index (χ1v) is 4.72. The Morgan fingerprint density at radius 1 is 1.36 bits per heavy atom. The van der Waals surface area contributed by atoms with Gasteiger partial charge in [-0.3, -0.25) is 5.32 Å². The predicted molar refractivity (Wildman–Crippen MR) is 54.7 cm³/mol. The molecule has 14 heavy (non-hydrogen) atoms. The van der Waals surface area contributed by atoms with Gasteiger partial charge < -0.3 is 9.47 Å². The molecule has 0 saturated heterocycles. The van der Waals surface area contributed by atoms with Gasteiger partial charge in [0.05, 0.1) is 6.07 Å². The number of ether oxygens (including phenoxy) is 2. The minimum atomic E-state index is -0.798. The van der Waals surface area contributed by atoms with Gasteiger partial charge >= 0.3 is 0 Å². The fraction of sp³-hybridized carbons (Fsp3) is 0.900. The number of hydrogen-bond donors (Lipinski definition) is 1. The van der Waals surface area contributed by atoms with Crippen LogP contribution in [0.25, 0.3) is 0 Å². The molecule has 0 aliphatic rings. The highest BCUT2D eigenvalue weighted by Crippen LogP contribution is 2.13. The molecule has 0 bridgehead atoms. The van der Waals surface area contributed by atoms with Gasteiger partial charge in [-0.1, -0.05) is 13.8 Å². The number of rotatable bonds is 6. The lowest BCUT2D eigenvalue weighted by Gasteiger charge is -2.30. The molecule has 0 aromatic heterocycles. The summed E-state index contributed by atoms with van der Waals surface area (Å²) in [7, 11) is 3.06. The van der Waals surface area contributed by atoms with Crippen molar-refractivity contribution in [2.24, 2.45) is 5.92 Å². The Labute approximate surface area is 86.2 Å². The number of methoxy groups -OCH3 is 2. The van der Waals surface area contributed by atoms with Gasteiger partial charge in [-0.05, 0) is 19.4 Å². The highest BCUT2D eigenvalue weighted by atomic mass is 16.7. The molecule has 0 aliphatic heterocycles. The number of nitrogens with one attached hydrogen (secondary N) is 1. The van der Waals surface area contributed by atoms with Crippen molar-refractivity contribution in [1.29, 1.82) is 5.26 Å². The van der Waals surface area contributed by atoms with Crippen LogP contribution in [0.3, 0.4) is 0 Å². The van der Waals surface area contributed by atoms with E-state index in [1.807, 2.05) is 0 Å². The van der Waals surface area contributed by atoms with Crippen LogP contribution in [-0.4, -0.2) is 32.6 Å². The molecule has 0 aromatic rings. The Hall–Kier alpha value is -0.630. The van der Waals surface area contributed by atoms with Gasteiger partial charge in [-0.15, -0.1) is 0 Å². The third-order valence-electron chi connectivity index (χ3n) is 2.01. The molecular weight excluding hydrogens is 180 g/mol. The maximum absolute atomic E-state index is 9.06. The summed E-state index contributed by atoms with van der Waals surface area (Å²) >= 11 is 0. The standard InChI is InChI=1S/C10H20N2O2/c1-8(2)6-12-10(3,7-11)9(13-4)14-5/h8-9,12H,6H2,1-5H3. The molecule has 0 spiro atoms. The third kappa shape index (κ3) is 3.62. The second kappa shape index (κ2) is 5.97. The van der Waals surface area contributed by atoms with Crippen molar-refractivity contribution < 1.29 is 9.47 Å². The van der Waals surface area contributed by atoms with Crippen molar-refractivity contribution in [3.63, 3.8) is 0 Å². The molecule has 0 aliphatic carbocycles. The first-order chi connectivity index (χ1) is 6.50. The molecule has 0 heterocycles. The molecule has 0 rings (SSSR count). The van der Waals surface area contributed by atoms with Crippen LogP contribution in [0.15, 0.2) is 0 Å². The molecule has 1 N–H and O–H groups in total. The molecule has 1 atom stereocenters. The zero-order valence-electron chi connectivity index (χ0n) is 9.63. The van der Waals surface area contributed by atoms with E-state index in [4.69, 9.17) is 14.7 Å². The van der Waals surface area contributed by atoms with E-state index in [9.17, 15) is 0 Å². The highest BCUT2D eigenvalue weighted by molar-refractivity contribution is 5.06. The van der Waals surface area contributed by atoms with Crippen LogP contribution in [0.1, 0.15) is 20.8 Å². The number of hydrogen-bond acceptors (Lipinski definition) is 4. The molecule has 0 saturated carbocycles. The molecule has 0 aromatic carbocycles. The lowest BCUT2D eigenvalue weighted by Crippen LogP contribution is -2.53. The predicted octanol–water partition coefficient (Wildman–Crippen LogP) is 1.13. The summed E-state index contributed by atoms with van der Waals surface area (Å²) in [5.41, 5.74) is -0.798. The monoisotopic (exact) mass is 200 g/mol. The van der Waals surface area contributed by atoms with E-state index in [-0.39, 0.29) is 0 Å². The Morgan fingerprint density at radius 2 is 1.86 bits per heavy atom. The summed E-state index contributed by atoms with van der Waals surface area (Å²) in [5, 5.41) is 12.2. The summed E-state index contributed by atoms with van der Waals surface area (Å²) in [6, 6.07) is 2.17. The molecule has 4 nitrogen and oxygen atoms in total. The Bertz CT molecular complexity index is 197. The molecule has 82 valence electrons. The van der Waals surface area contributed by atoms with Crippen LogP contribution in [0.4, 0.5) is 0 Å². The number of nitrogens with zero attached hydrogens (tertiary/aromatic N) is 1. The Kier molecular flexibility index (Phi) is 5.70. The van der Waals surface area contributed by atoms with Crippen molar-refractivity contribution in [2.75, 3.05) is 20.8 Å². The second-order valence-corrected chi connectivity index (χ2v) is 3.89. The van der Waals surface area contributed by atoms with Crippen LogP contribution in [0.5, 0.6) is 0 Å². The zero-order chi connectivity index (χ0) is 11.2. The van der Waals surface area contributed by atoms with E-state index in [2.05, 4.69) is 25.2 Å². The van der Waals surface area contributed by atoms with Crippen molar-refractivity contribution in [2.45, 2.75) is 32.6 Å².